The summed E-state index contributed by atoms with van der Waals surface area (Å²) in [5.74, 6) is 0.660. The monoisotopic (exact) mass is 353 g/mol. The van der Waals surface area contributed by atoms with Crippen molar-refractivity contribution >= 4 is 22.6 Å². The Balaban J connectivity index is 2.04. The van der Waals surface area contributed by atoms with Crippen molar-refractivity contribution in [2.24, 2.45) is 0 Å². The Hall–Kier alpha value is -3.35. The molecule has 3 rings (SSSR count). The average molecular weight is 353 g/mol. The summed E-state index contributed by atoms with van der Waals surface area (Å²) in [6, 6.07) is 12.4. The summed E-state index contributed by atoms with van der Waals surface area (Å²) in [7, 11) is 3.04. The minimum absolute atomic E-state index is 0.136. The molecule has 3 aromatic rings. The number of aryl methyl sites for hydroxylation is 1. The molecule has 0 aliphatic heterocycles. The molecule has 0 aliphatic rings. The SMILES string of the molecule is COc1cc2nc(C)c(=O)n(CC(=O)Nc3ccccc3)c2cc1OC. The minimum atomic E-state index is -0.326. The van der Waals surface area contributed by atoms with Crippen molar-refractivity contribution in [1.82, 2.24) is 9.55 Å². The Morgan fingerprint density at radius 2 is 1.77 bits per heavy atom. The number of nitrogens with one attached hydrogen (secondary N) is 1. The fourth-order valence-corrected chi connectivity index (χ4v) is 2.72. The molecule has 0 saturated carbocycles. The van der Waals surface area contributed by atoms with Crippen LogP contribution in [0.1, 0.15) is 5.69 Å². The van der Waals surface area contributed by atoms with Crippen LogP contribution in [0.25, 0.3) is 11.0 Å². The van der Waals surface area contributed by atoms with Gasteiger partial charge in [0.05, 0.1) is 25.3 Å². The Kier molecular flexibility index (Phi) is 4.88. The molecule has 7 nitrogen and oxygen atoms in total. The lowest BCUT2D eigenvalue weighted by Crippen LogP contribution is -2.30. The molecule has 1 heterocycles. The van der Waals surface area contributed by atoms with Gasteiger partial charge in [-0.3, -0.25) is 14.2 Å². The van der Waals surface area contributed by atoms with E-state index < -0.39 is 0 Å². The van der Waals surface area contributed by atoms with Crippen LogP contribution in [-0.4, -0.2) is 29.7 Å². The Morgan fingerprint density at radius 3 is 2.42 bits per heavy atom. The number of amides is 1. The lowest BCUT2D eigenvalue weighted by Gasteiger charge is -2.14. The lowest BCUT2D eigenvalue weighted by molar-refractivity contribution is -0.116. The van der Waals surface area contributed by atoms with Crippen LogP contribution in [0.2, 0.25) is 0 Å². The highest BCUT2D eigenvalue weighted by atomic mass is 16.5. The van der Waals surface area contributed by atoms with Gasteiger partial charge in [0.15, 0.2) is 11.5 Å². The molecule has 0 atom stereocenters. The molecular weight excluding hydrogens is 334 g/mol. The zero-order chi connectivity index (χ0) is 18.7. The number of carbonyl (C=O) groups is 1. The topological polar surface area (TPSA) is 82.5 Å². The first-order chi connectivity index (χ1) is 12.5. The van der Waals surface area contributed by atoms with E-state index in [-0.39, 0.29) is 18.0 Å². The number of fused-ring (bicyclic) bond motifs is 1. The van der Waals surface area contributed by atoms with Gasteiger partial charge in [-0.1, -0.05) is 18.2 Å². The molecule has 0 unspecified atom stereocenters. The first kappa shape index (κ1) is 17.5. The number of benzene rings is 2. The number of ether oxygens (including phenoxy) is 2. The molecule has 1 aromatic heterocycles. The van der Waals surface area contributed by atoms with E-state index in [1.54, 1.807) is 31.2 Å². The zero-order valence-corrected chi connectivity index (χ0v) is 14.8. The highest BCUT2D eigenvalue weighted by Gasteiger charge is 2.15. The second-order valence-electron chi connectivity index (χ2n) is 5.70. The van der Waals surface area contributed by atoms with E-state index >= 15 is 0 Å². The molecule has 0 spiro atoms. The number of methoxy groups -OCH3 is 2. The van der Waals surface area contributed by atoms with Gasteiger partial charge in [-0.2, -0.15) is 0 Å². The van der Waals surface area contributed by atoms with E-state index in [9.17, 15) is 9.59 Å². The molecule has 0 saturated heterocycles. The van der Waals surface area contributed by atoms with Crippen LogP contribution in [0.4, 0.5) is 5.69 Å². The van der Waals surface area contributed by atoms with Crippen molar-refractivity contribution in [1.29, 1.82) is 0 Å². The van der Waals surface area contributed by atoms with E-state index in [4.69, 9.17) is 9.47 Å². The maximum absolute atomic E-state index is 12.6. The molecule has 26 heavy (non-hydrogen) atoms. The number of hydrogen-bond donors (Lipinski definition) is 1. The summed E-state index contributed by atoms with van der Waals surface area (Å²) in [4.78, 5) is 29.3. The van der Waals surface area contributed by atoms with Gasteiger partial charge in [0.1, 0.15) is 12.2 Å². The molecule has 7 heteroatoms. The van der Waals surface area contributed by atoms with Crippen molar-refractivity contribution in [2.45, 2.75) is 13.5 Å². The zero-order valence-electron chi connectivity index (χ0n) is 14.8. The summed E-state index contributed by atoms with van der Waals surface area (Å²) in [6.45, 7) is 1.48. The number of para-hydroxylation sites is 1. The summed E-state index contributed by atoms with van der Waals surface area (Å²) >= 11 is 0. The fraction of sp³-hybridized carbons (Fsp3) is 0.211. The van der Waals surface area contributed by atoms with E-state index in [0.29, 0.717) is 33.9 Å². The number of rotatable bonds is 5. The van der Waals surface area contributed by atoms with Crippen LogP contribution >= 0.6 is 0 Å². The van der Waals surface area contributed by atoms with Gasteiger partial charge in [0.25, 0.3) is 5.56 Å². The van der Waals surface area contributed by atoms with Crippen LogP contribution in [-0.2, 0) is 11.3 Å². The van der Waals surface area contributed by atoms with E-state index in [0.717, 1.165) is 0 Å². The number of aromatic nitrogens is 2. The van der Waals surface area contributed by atoms with Gasteiger partial charge in [0.2, 0.25) is 5.91 Å². The van der Waals surface area contributed by atoms with E-state index in [2.05, 4.69) is 10.3 Å². The standard InChI is InChI=1S/C19H19N3O4/c1-12-19(24)22(11-18(23)21-13-7-5-4-6-8-13)15-10-17(26-3)16(25-2)9-14(15)20-12/h4-10H,11H2,1-3H3,(H,21,23). The van der Waals surface area contributed by atoms with E-state index in [1.165, 1.54) is 18.8 Å². The number of carbonyl (C=O) groups excluding carboxylic acids is 1. The quantitative estimate of drug-likeness (QED) is 0.761. The molecular formula is C19H19N3O4. The molecule has 0 aliphatic carbocycles. The Labute approximate surface area is 150 Å². The first-order valence-electron chi connectivity index (χ1n) is 8.01. The van der Waals surface area contributed by atoms with Crippen LogP contribution < -0.4 is 20.3 Å². The predicted molar refractivity (Wildman–Crippen MR) is 98.9 cm³/mol. The van der Waals surface area contributed by atoms with Gasteiger partial charge in [-0.05, 0) is 19.1 Å². The van der Waals surface area contributed by atoms with Gasteiger partial charge < -0.3 is 14.8 Å². The molecule has 1 N–H and O–H groups in total. The molecule has 1 amide bonds. The third-order valence-electron chi connectivity index (χ3n) is 3.97. The van der Waals surface area contributed by atoms with E-state index in [1.807, 2.05) is 18.2 Å². The van der Waals surface area contributed by atoms with Crippen LogP contribution in [0.5, 0.6) is 11.5 Å². The largest absolute Gasteiger partial charge is 0.493 e. The Bertz CT molecular complexity index is 1010. The number of hydrogen-bond acceptors (Lipinski definition) is 5. The highest BCUT2D eigenvalue weighted by Crippen LogP contribution is 2.30. The summed E-state index contributed by atoms with van der Waals surface area (Å²) in [6.07, 6.45) is 0. The van der Waals surface area contributed by atoms with Crippen molar-refractivity contribution in [2.75, 3.05) is 19.5 Å². The van der Waals surface area contributed by atoms with Crippen LogP contribution in [0.15, 0.2) is 47.3 Å². The maximum atomic E-state index is 12.6. The first-order valence-corrected chi connectivity index (χ1v) is 8.01. The third kappa shape index (κ3) is 3.37. The lowest BCUT2D eigenvalue weighted by atomic mass is 10.2. The number of nitrogens with zero attached hydrogens (tertiary/aromatic N) is 2. The second-order valence-corrected chi connectivity index (χ2v) is 5.70. The van der Waals surface area contributed by atoms with Crippen molar-refractivity contribution in [3.05, 3.63) is 58.5 Å². The van der Waals surface area contributed by atoms with Gasteiger partial charge >= 0.3 is 0 Å². The summed E-state index contributed by atoms with van der Waals surface area (Å²) in [5, 5.41) is 2.78. The second kappa shape index (κ2) is 7.26. The number of anilines is 1. The molecule has 0 fully saturated rings. The molecule has 2 aromatic carbocycles. The maximum Gasteiger partial charge on any atom is 0.272 e. The minimum Gasteiger partial charge on any atom is -0.493 e. The molecule has 0 radical (unpaired) electrons. The van der Waals surface area contributed by atoms with Gasteiger partial charge in [-0.15, -0.1) is 0 Å². The third-order valence-corrected chi connectivity index (χ3v) is 3.97. The Morgan fingerprint density at radius 1 is 1.12 bits per heavy atom. The van der Waals surface area contributed by atoms with Crippen LogP contribution in [0.3, 0.4) is 0 Å². The van der Waals surface area contributed by atoms with Crippen molar-refractivity contribution < 1.29 is 14.3 Å². The molecule has 0 bridgehead atoms. The summed E-state index contributed by atoms with van der Waals surface area (Å²) in [5.41, 5.74) is 1.69. The summed E-state index contributed by atoms with van der Waals surface area (Å²) < 4.78 is 12.0. The predicted octanol–water partition coefficient (Wildman–Crippen LogP) is 2.36. The fourth-order valence-electron chi connectivity index (χ4n) is 2.72. The van der Waals surface area contributed by atoms with Gasteiger partial charge in [0, 0.05) is 17.8 Å². The normalized spacial score (nSPS) is 10.6. The smallest absolute Gasteiger partial charge is 0.272 e. The van der Waals surface area contributed by atoms with Crippen molar-refractivity contribution in [3.63, 3.8) is 0 Å². The van der Waals surface area contributed by atoms with Gasteiger partial charge in [-0.25, -0.2) is 4.98 Å². The molecule has 134 valence electrons. The average Bonchev–Trinajstić information content (AvgIpc) is 2.65. The van der Waals surface area contributed by atoms with Crippen molar-refractivity contribution in [3.8, 4) is 11.5 Å². The van der Waals surface area contributed by atoms with Crippen LogP contribution in [0, 0.1) is 6.92 Å². The highest BCUT2D eigenvalue weighted by molar-refractivity contribution is 5.91.